The molecule has 0 amide bonds. The van der Waals surface area contributed by atoms with Gasteiger partial charge < -0.3 is 10.3 Å². The number of imidazole rings is 1. The van der Waals surface area contributed by atoms with Gasteiger partial charge in [-0.05, 0) is 42.8 Å². The number of para-hydroxylation sites is 1. The van der Waals surface area contributed by atoms with E-state index in [-0.39, 0.29) is 0 Å². The lowest BCUT2D eigenvalue weighted by Gasteiger charge is -2.11. The van der Waals surface area contributed by atoms with Gasteiger partial charge in [0, 0.05) is 10.2 Å². The number of nitrogens with zero attached hydrogens (tertiary/aromatic N) is 2. The smallest absolute Gasteiger partial charge is 0.154 e. The Balaban J connectivity index is 1.88. The minimum absolute atomic E-state index is 0.423. The number of aryl methyl sites for hydroxylation is 1. The minimum Gasteiger partial charge on any atom is -0.349 e. The summed E-state index contributed by atoms with van der Waals surface area (Å²) in [7, 11) is 0. The highest BCUT2D eigenvalue weighted by molar-refractivity contribution is 9.10. The molecule has 1 aromatic heterocycles. The van der Waals surface area contributed by atoms with Crippen molar-refractivity contribution in [1.29, 1.82) is 5.26 Å². The normalized spacial score (nSPS) is 11.9. The Labute approximate surface area is 147 Å². The molecule has 0 aliphatic carbocycles. The number of hydrogen-bond acceptors (Lipinski definition) is 3. The number of H-pyrrole nitrogens is 1. The Bertz CT molecular complexity index is 908. The topological polar surface area (TPSA) is 64.5 Å². The first-order chi connectivity index (χ1) is 11.1. The first-order valence-corrected chi connectivity index (χ1v) is 8.20. The van der Waals surface area contributed by atoms with Gasteiger partial charge in [-0.2, -0.15) is 5.26 Å². The van der Waals surface area contributed by atoms with Gasteiger partial charge in [0.25, 0.3) is 0 Å². The van der Waals surface area contributed by atoms with Crippen LogP contribution in [0.4, 0.5) is 5.69 Å². The van der Waals surface area contributed by atoms with Crippen molar-refractivity contribution < 1.29 is 0 Å². The third-order valence-electron chi connectivity index (χ3n) is 3.51. The predicted molar refractivity (Wildman–Crippen MR) is 99.5 cm³/mol. The van der Waals surface area contributed by atoms with Crippen molar-refractivity contribution in [3.8, 4) is 6.07 Å². The highest BCUT2D eigenvalue weighted by Crippen LogP contribution is 2.22. The van der Waals surface area contributed by atoms with Crippen LogP contribution >= 0.6 is 28.1 Å². The lowest BCUT2D eigenvalue weighted by atomic mass is 10.1. The first kappa shape index (κ1) is 15.7. The SMILES string of the molecule is Cc1cccc2[nH]c(C(C#N)C(=S)Nc3ccc(Br)cc3)nc12. The molecule has 4 nitrogen and oxygen atoms in total. The molecule has 0 bridgehead atoms. The summed E-state index contributed by atoms with van der Waals surface area (Å²) >= 11 is 8.79. The summed E-state index contributed by atoms with van der Waals surface area (Å²) in [5, 5.41) is 12.6. The Morgan fingerprint density at radius 2 is 2.04 bits per heavy atom. The van der Waals surface area contributed by atoms with Gasteiger partial charge in [0.05, 0.1) is 17.1 Å². The molecule has 23 heavy (non-hydrogen) atoms. The number of nitrogens with one attached hydrogen (secondary N) is 2. The molecule has 1 unspecified atom stereocenters. The van der Waals surface area contributed by atoms with Gasteiger partial charge in [-0.25, -0.2) is 4.98 Å². The number of rotatable bonds is 3. The van der Waals surface area contributed by atoms with Crippen molar-refractivity contribution in [1.82, 2.24) is 9.97 Å². The van der Waals surface area contributed by atoms with Crippen LogP contribution in [0.3, 0.4) is 0 Å². The molecule has 0 saturated carbocycles. The third kappa shape index (κ3) is 3.26. The molecule has 6 heteroatoms. The van der Waals surface area contributed by atoms with E-state index in [4.69, 9.17) is 12.2 Å². The molecular weight excluding hydrogens is 372 g/mol. The lowest BCUT2D eigenvalue weighted by Crippen LogP contribution is -2.19. The first-order valence-electron chi connectivity index (χ1n) is 7.00. The van der Waals surface area contributed by atoms with Crippen molar-refractivity contribution >= 4 is 49.9 Å². The van der Waals surface area contributed by atoms with Gasteiger partial charge in [-0.15, -0.1) is 0 Å². The molecule has 1 atom stereocenters. The highest BCUT2D eigenvalue weighted by Gasteiger charge is 2.21. The fraction of sp³-hybridized carbons (Fsp3) is 0.118. The summed E-state index contributed by atoms with van der Waals surface area (Å²) in [6, 6.07) is 15.7. The molecule has 0 aliphatic heterocycles. The Morgan fingerprint density at radius 1 is 1.30 bits per heavy atom. The van der Waals surface area contributed by atoms with Crippen LogP contribution in [0.1, 0.15) is 17.3 Å². The van der Waals surface area contributed by atoms with Gasteiger partial charge in [0.1, 0.15) is 10.8 Å². The third-order valence-corrected chi connectivity index (χ3v) is 4.38. The standard InChI is InChI=1S/C17H13BrN4S/c1-10-3-2-4-14-15(10)22-16(21-14)13(9-19)17(23)20-12-7-5-11(18)6-8-12/h2-8,13H,1H3,(H,20,23)(H,21,22). The average Bonchev–Trinajstić information content (AvgIpc) is 2.95. The molecule has 0 spiro atoms. The number of fused-ring (bicyclic) bond motifs is 1. The molecule has 3 aromatic rings. The van der Waals surface area contributed by atoms with Crippen molar-refractivity contribution in [3.63, 3.8) is 0 Å². The summed E-state index contributed by atoms with van der Waals surface area (Å²) < 4.78 is 0.985. The second-order valence-corrected chi connectivity index (χ2v) is 6.51. The fourth-order valence-corrected chi connectivity index (χ4v) is 2.87. The van der Waals surface area contributed by atoms with E-state index >= 15 is 0 Å². The number of aromatic amines is 1. The average molecular weight is 385 g/mol. The molecule has 2 aromatic carbocycles. The molecule has 2 N–H and O–H groups in total. The summed E-state index contributed by atoms with van der Waals surface area (Å²) in [6.45, 7) is 1.99. The number of nitriles is 1. The lowest BCUT2D eigenvalue weighted by molar-refractivity contribution is 1.01. The molecule has 0 fully saturated rings. The maximum atomic E-state index is 9.52. The van der Waals surface area contributed by atoms with Crippen LogP contribution in [0.25, 0.3) is 11.0 Å². The highest BCUT2D eigenvalue weighted by atomic mass is 79.9. The number of benzene rings is 2. The summed E-state index contributed by atoms with van der Waals surface area (Å²) in [5.41, 5.74) is 3.68. The Hall–Kier alpha value is -2.23. The molecule has 0 saturated heterocycles. The second kappa shape index (κ2) is 6.49. The summed E-state index contributed by atoms with van der Waals surface area (Å²) in [4.78, 5) is 8.16. The van der Waals surface area contributed by atoms with Crippen LogP contribution in [0, 0.1) is 18.3 Å². The maximum Gasteiger partial charge on any atom is 0.154 e. The van der Waals surface area contributed by atoms with Crippen molar-refractivity contribution in [3.05, 3.63) is 58.3 Å². The number of halogens is 1. The van der Waals surface area contributed by atoms with E-state index in [1.165, 1.54) is 0 Å². The molecule has 114 valence electrons. The zero-order chi connectivity index (χ0) is 16.4. The fourth-order valence-electron chi connectivity index (χ4n) is 2.32. The Kier molecular flexibility index (Phi) is 4.42. The van der Waals surface area contributed by atoms with Crippen LogP contribution in [-0.4, -0.2) is 15.0 Å². The minimum atomic E-state index is -0.625. The van der Waals surface area contributed by atoms with Gasteiger partial charge in [0.15, 0.2) is 5.92 Å². The summed E-state index contributed by atoms with van der Waals surface area (Å²) in [6.07, 6.45) is 0. The molecule has 0 radical (unpaired) electrons. The number of thiocarbonyl (C=S) groups is 1. The number of hydrogen-bond donors (Lipinski definition) is 2. The van der Waals surface area contributed by atoms with Gasteiger partial charge in [-0.1, -0.05) is 40.3 Å². The maximum absolute atomic E-state index is 9.52. The van der Waals surface area contributed by atoms with E-state index in [9.17, 15) is 5.26 Å². The van der Waals surface area contributed by atoms with E-state index in [0.29, 0.717) is 10.8 Å². The van der Waals surface area contributed by atoms with E-state index in [0.717, 1.165) is 26.8 Å². The van der Waals surface area contributed by atoms with Crippen molar-refractivity contribution in [2.24, 2.45) is 0 Å². The largest absolute Gasteiger partial charge is 0.349 e. The zero-order valence-electron chi connectivity index (χ0n) is 12.3. The number of aromatic nitrogens is 2. The predicted octanol–water partition coefficient (Wildman–Crippen LogP) is 4.68. The number of anilines is 1. The van der Waals surface area contributed by atoms with E-state index < -0.39 is 5.92 Å². The molecule has 1 heterocycles. The Morgan fingerprint density at radius 3 is 2.70 bits per heavy atom. The second-order valence-electron chi connectivity index (χ2n) is 5.15. The van der Waals surface area contributed by atoms with Gasteiger partial charge in [0.2, 0.25) is 0 Å². The van der Waals surface area contributed by atoms with Crippen LogP contribution in [0.2, 0.25) is 0 Å². The summed E-state index contributed by atoms with van der Waals surface area (Å²) in [5.74, 6) is -0.0631. The molecular formula is C17H13BrN4S. The molecule has 0 aliphatic rings. The van der Waals surface area contributed by atoms with Crippen LogP contribution < -0.4 is 5.32 Å². The van der Waals surface area contributed by atoms with Gasteiger partial charge in [-0.3, -0.25) is 0 Å². The van der Waals surface area contributed by atoms with Crippen LogP contribution in [0.15, 0.2) is 46.9 Å². The van der Waals surface area contributed by atoms with Crippen molar-refractivity contribution in [2.45, 2.75) is 12.8 Å². The van der Waals surface area contributed by atoms with E-state index in [1.807, 2.05) is 49.4 Å². The van der Waals surface area contributed by atoms with Crippen LogP contribution in [0.5, 0.6) is 0 Å². The van der Waals surface area contributed by atoms with Gasteiger partial charge >= 0.3 is 0 Å². The van der Waals surface area contributed by atoms with Crippen molar-refractivity contribution in [2.75, 3.05) is 5.32 Å². The quantitative estimate of drug-likeness (QED) is 0.643. The van der Waals surface area contributed by atoms with E-state index in [2.05, 4.69) is 37.3 Å². The van der Waals surface area contributed by atoms with Crippen LogP contribution in [-0.2, 0) is 0 Å². The van der Waals surface area contributed by atoms with E-state index in [1.54, 1.807) is 0 Å². The molecule has 3 rings (SSSR count). The zero-order valence-corrected chi connectivity index (χ0v) is 14.7. The monoisotopic (exact) mass is 384 g/mol.